The molecule has 2 rings (SSSR count). The van der Waals surface area contributed by atoms with E-state index in [2.05, 4.69) is 4.98 Å². The van der Waals surface area contributed by atoms with Gasteiger partial charge in [0.15, 0.2) is 11.6 Å². The van der Waals surface area contributed by atoms with Crippen molar-refractivity contribution in [1.29, 1.82) is 0 Å². The molecule has 0 atom stereocenters. The van der Waals surface area contributed by atoms with Crippen molar-refractivity contribution >= 4 is 22.9 Å². The Hall–Kier alpha value is -1.81. The molecule has 0 aliphatic rings. The molecule has 0 N–H and O–H groups in total. The van der Waals surface area contributed by atoms with Crippen molar-refractivity contribution in [3.05, 3.63) is 51.5 Å². The second kappa shape index (κ2) is 5.23. The van der Waals surface area contributed by atoms with Gasteiger partial charge in [-0.3, -0.25) is 9.59 Å². The molecule has 18 heavy (non-hydrogen) atoms. The lowest BCUT2D eigenvalue weighted by Gasteiger charge is -1.99. The first-order valence-corrected chi connectivity index (χ1v) is 6.45. The number of rotatable bonds is 4. The highest BCUT2D eigenvalue weighted by Gasteiger charge is 2.18. The number of nitrogens with zero attached hydrogens (tertiary/aromatic N) is 1. The van der Waals surface area contributed by atoms with Gasteiger partial charge in [0.05, 0.1) is 11.4 Å². The van der Waals surface area contributed by atoms with Crippen LogP contribution in [0.4, 0.5) is 0 Å². The van der Waals surface area contributed by atoms with Crippen LogP contribution in [-0.2, 0) is 0 Å². The Morgan fingerprint density at radius 1 is 1.11 bits per heavy atom. The van der Waals surface area contributed by atoms with Crippen molar-refractivity contribution in [2.24, 2.45) is 0 Å². The minimum Gasteiger partial charge on any atom is -0.294 e. The summed E-state index contributed by atoms with van der Waals surface area (Å²) in [5, 5.41) is 0.850. The summed E-state index contributed by atoms with van der Waals surface area (Å²) < 4.78 is 0. The fourth-order valence-corrected chi connectivity index (χ4v) is 2.58. The van der Waals surface area contributed by atoms with E-state index in [-0.39, 0.29) is 18.0 Å². The predicted molar refractivity (Wildman–Crippen MR) is 71.3 cm³/mol. The second-order valence-corrected chi connectivity index (χ2v) is 5.43. The van der Waals surface area contributed by atoms with E-state index in [1.807, 2.05) is 19.9 Å². The smallest absolute Gasteiger partial charge is 0.190 e. The molecule has 0 fully saturated rings. The normalized spacial score (nSPS) is 10.3. The van der Waals surface area contributed by atoms with Crippen LogP contribution in [-0.4, -0.2) is 16.6 Å². The zero-order chi connectivity index (χ0) is 13.1. The molecule has 0 amide bonds. The van der Waals surface area contributed by atoms with Gasteiger partial charge in [0.25, 0.3) is 0 Å². The van der Waals surface area contributed by atoms with Crippen LogP contribution >= 0.6 is 11.3 Å². The van der Waals surface area contributed by atoms with Gasteiger partial charge in [0.1, 0.15) is 5.69 Å². The first-order valence-electron chi connectivity index (χ1n) is 5.63. The molecule has 92 valence electrons. The van der Waals surface area contributed by atoms with E-state index in [9.17, 15) is 9.59 Å². The van der Waals surface area contributed by atoms with E-state index in [0.29, 0.717) is 11.3 Å². The number of hydrogen-bond acceptors (Lipinski definition) is 4. The molecule has 0 radical (unpaired) electrons. The molecule has 0 unspecified atom stereocenters. The first-order chi connectivity index (χ1) is 8.58. The molecule has 4 heteroatoms. The van der Waals surface area contributed by atoms with Gasteiger partial charge in [-0.15, -0.1) is 11.3 Å². The number of aromatic nitrogens is 1. The molecular weight excluding hydrogens is 246 g/mol. The van der Waals surface area contributed by atoms with Crippen LogP contribution in [0.3, 0.4) is 0 Å². The highest BCUT2D eigenvalue weighted by atomic mass is 32.1. The lowest BCUT2D eigenvalue weighted by Crippen LogP contribution is -2.09. The molecular formula is C14H13NO2S. The molecule has 1 heterocycles. The maximum Gasteiger partial charge on any atom is 0.190 e. The van der Waals surface area contributed by atoms with Crippen molar-refractivity contribution in [1.82, 2.24) is 4.98 Å². The minimum absolute atomic E-state index is 0.117. The van der Waals surface area contributed by atoms with E-state index in [4.69, 9.17) is 0 Å². The maximum absolute atomic E-state index is 12.0. The Kier molecular flexibility index (Phi) is 3.67. The fourth-order valence-electron chi connectivity index (χ4n) is 1.74. The number of aryl methyl sites for hydroxylation is 2. The highest BCUT2D eigenvalue weighted by molar-refractivity contribution is 7.11. The molecule has 1 aromatic carbocycles. The van der Waals surface area contributed by atoms with Gasteiger partial charge in [-0.25, -0.2) is 4.98 Å². The minimum atomic E-state index is -0.203. The van der Waals surface area contributed by atoms with Gasteiger partial charge < -0.3 is 0 Å². The zero-order valence-electron chi connectivity index (χ0n) is 10.3. The Balaban J connectivity index is 2.13. The molecule has 0 aliphatic heterocycles. The standard InChI is InChI=1S/C14H13NO2S/c1-9-14(15-10(2)18-9)13(17)8-12(16)11-6-4-3-5-7-11/h3-7H,8H2,1-2H3. The summed E-state index contributed by atoms with van der Waals surface area (Å²) in [6, 6.07) is 8.85. The third-order valence-electron chi connectivity index (χ3n) is 2.58. The number of hydrogen-bond donors (Lipinski definition) is 0. The van der Waals surface area contributed by atoms with Crippen LogP contribution < -0.4 is 0 Å². The molecule has 0 aliphatic carbocycles. The van der Waals surface area contributed by atoms with E-state index in [0.717, 1.165) is 9.88 Å². The number of ketones is 2. The van der Waals surface area contributed by atoms with Gasteiger partial charge in [-0.2, -0.15) is 0 Å². The lowest BCUT2D eigenvalue weighted by molar-refractivity contribution is 0.0891. The lowest BCUT2D eigenvalue weighted by atomic mass is 10.0. The van der Waals surface area contributed by atoms with Gasteiger partial charge in [-0.05, 0) is 13.8 Å². The maximum atomic E-state index is 12.0. The molecule has 1 aromatic heterocycles. The summed E-state index contributed by atoms with van der Waals surface area (Å²) in [4.78, 5) is 28.9. The van der Waals surface area contributed by atoms with Crippen molar-refractivity contribution < 1.29 is 9.59 Å². The fraction of sp³-hybridized carbons (Fsp3) is 0.214. The molecule has 0 saturated carbocycles. The molecule has 0 saturated heterocycles. The third-order valence-corrected chi connectivity index (χ3v) is 3.47. The largest absolute Gasteiger partial charge is 0.294 e. The summed E-state index contributed by atoms with van der Waals surface area (Å²) in [6.45, 7) is 3.71. The number of thiazole rings is 1. The van der Waals surface area contributed by atoms with Crippen LogP contribution in [0.5, 0.6) is 0 Å². The van der Waals surface area contributed by atoms with Crippen molar-refractivity contribution in [2.45, 2.75) is 20.3 Å². The van der Waals surface area contributed by atoms with E-state index in [1.165, 1.54) is 11.3 Å². The summed E-state index contributed by atoms with van der Waals surface area (Å²) in [7, 11) is 0. The average molecular weight is 259 g/mol. The summed E-state index contributed by atoms with van der Waals surface area (Å²) in [6.07, 6.45) is -0.117. The molecule has 0 spiro atoms. The molecule has 0 bridgehead atoms. The van der Waals surface area contributed by atoms with E-state index < -0.39 is 0 Å². The summed E-state index contributed by atoms with van der Waals surface area (Å²) in [5.74, 6) is -0.364. The third kappa shape index (κ3) is 2.71. The topological polar surface area (TPSA) is 47.0 Å². The monoisotopic (exact) mass is 259 g/mol. The van der Waals surface area contributed by atoms with Crippen molar-refractivity contribution in [3.63, 3.8) is 0 Å². The number of Topliss-reactive ketones (excluding diaryl/α,β-unsaturated/α-hetero) is 2. The van der Waals surface area contributed by atoms with Crippen molar-refractivity contribution in [2.75, 3.05) is 0 Å². The van der Waals surface area contributed by atoms with Crippen LogP contribution in [0.2, 0.25) is 0 Å². The highest BCUT2D eigenvalue weighted by Crippen LogP contribution is 2.18. The van der Waals surface area contributed by atoms with Gasteiger partial charge in [0, 0.05) is 10.4 Å². The van der Waals surface area contributed by atoms with Crippen molar-refractivity contribution in [3.8, 4) is 0 Å². The Morgan fingerprint density at radius 2 is 1.78 bits per heavy atom. The van der Waals surface area contributed by atoms with E-state index in [1.54, 1.807) is 24.3 Å². The van der Waals surface area contributed by atoms with E-state index >= 15 is 0 Å². The summed E-state index contributed by atoms with van der Waals surface area (Å²) in [5.41, 5.74) is 0.997. The Labute approximate surface area is 109 Å². The van der Waals surface area contributed by atoms with Gasteiger partial charge in [0.2, 0.25) is 0 Å². The second-order valence-electron chi connectivity index (χ2n) is 4.03. The summed E-state index contributed by atoms with van der Waals surface area (Å²) >= 11 is 1.48. The molecule has 2 aromatic rings. The average Bonchev–Trinajstić information content (AvgIpc) is 2.69. The quantitative estimate of drug-likeness (QED) is 0.625. The number of carbonyl (C=O) groups is 2. The first kappa shape index (κ1) is 12.6. The number of carbonyl (C=O) groups excluding carboxylic acids is 2. The van der Waals surface area contributed by atoms with Gasteiger partial charge in [-0.1, -0.05) is 30.3 Å². The van der Waals surface area contributed by atoms with Crippen LogP contribution in [0.15, 0.2) is 30.3 Å². The number of benzene rings is 1. The van der Waals surface area contributed by atoms with Gasteiger partial charge >= 0.3 is 0 Å². The Bertz CT molecular complexity index is 587. The zero-order valence-corrected chi connectivity index (χ0v) is 11.1. The predicted octanol–water partition coefficient (Wildman–Crippen LogP) is 3.22. The van der Waals surface area contributed by atoms with Crippen LogP contribution in [0.1, 0.15) is 37.2 Å². The van der Waals surface area contributed by atoms with Crippen LogP contribution in [0.25, 0.3) is 0 Å². The SMILES string of the molecule is Cc1nc(C(=O)CC(=O)c2ccccc2)c(C)s1. The Morgan fingerprint density at radius 3 is 2.33 bits per heavy atom. The molecule has 3 nitrogen and oxygen atoms in total. The van der Waals surface area contributed by atoms with Crippen LogP contribution in [0, 0.1) is 13.8 Å².